The van der Waals surface area contributed by atoms with E-state index >= 15 is 0 Å². The number of hydrogen-bond acceptors (Lipinski definition) is 3. The van der Waals surface area contributed by atoms with Gasteiger partial charge in [0.1, 0.15) is 0 Å². The molecular formula is C20H31N5O. The van der Waals surface area contributed by atoms with E-state index in [1.807, 2.05) is 19.9 Å². The van der Waals surface area contributed by atoms with Gasteiger partial charge in [-0.05, 0) is 38.8 Å². The molecule has 6 nitrogen and oxygen atoms in total. The number of fused-ring (bicyclic) bond motifs is 1. The minimum Gasteiger partial charge on any atom is -0.349 e. The summed E-state index contributed by atoms with van der Waals surface area (Å²) in [4.78, 5) is 15.0. The molecule has 0 unspecified atom stereocenters. The first-order chi connectivity index (χ1) is 12.4. The molecule has 1 N–H and O–H groups in total. The topological polar surface area (TPSA) is 55.1 Å². The van der Waals surface area contributed by atoms with Gasteiger partial charge < -0.3 is 9.88 Å². The lowest BCUT2D eigenvalue weighted by Crippen LogP contribution is -2.36. The second-order valence-electron chi connectivity index (χ2n) is 7.69. The molecule has 0 aromatic carbocycles. The van der Waals surface area contributed by atoms with Gasteiger partial charge in [0.2, 0.25) is 0 Å². The zero-order valence-corrected chi connectivity index (χ0v) is 16.7. The minimum atomic E-state index is -0.0230. The highest BCUT2D eigenvalue weighted by Crippen LogP contribution is 2.17. The highest BCUT2D eigenvalue weighted by Gasteiger charge is 2.20. The Labute approximate surface area is 156 Å². The maximum absolute atomic E-state index is 12.6. The lowest BCUT2D eigenvalue weighted by atomic mass is 10.2. The summed E-state index contributed by atoms with van der Waals surface area (Å²) < 4.78 is 4.24. The molecule has 2 aromatic heterocycles. The number of carbonyl (C=O) groups excluding carboxylic acids is 1. The Morgan fingerprint density at radius 2 is 2.04 bits per heavy atom. The number of carbonyl (C=O) groups is 1. The van der Waals surface area contributed by atoms with E-state index in [-0.39, 0.29) is 5.91 Å². The SMILES string of the molecule is CCn1c(C)cc(C(=O)NCc2cc3n(n2)CCN(CC(C)C)C3)c1C. The lowest BCUT2D eigenvalue weighted by molar-refractivity contribution is 0.0949. The Bertz CT molecular complexity index is 786. The molecule has 0 atom stereocenters. The fourth-order valence-electron chi connectivity index (χ4n) is 3.92. The summed E-state index contributed by atoms with van der Waals surface area (Å²) in [5.41, 5.74) is 5.08. The number of nitrogens with one attached hydrogen (secondary N) is 1. The molecule has 0 radical (unpaired) electrons. The Kier molecular flexibility index (Phi) is 5.51. The summed E-state index contributed by atoms with van der Waals surface area (Å²) in [6.07, 6.45) is 0. The molecule has 0 spiro atoms. The third-order valence-corrected chi connectivity index (χ3v) is 5.12. The highest BCUT2D eigenvalue weighted by atomic mass is 16.1. The van der Waals surface area contributed by atoms with Gasteiger partial charge in [0.05, 0.1) is 30.0 Å². The highest BCUT2D eigenvalue weighted by molar-refractivity contribution is 5.95. The summed E-state index contributed by atoms with van der Waals surface area (Å²) in [6, 6.07) is 4.10. The van der Waals surface area contributed by atoms with Gasteiger partial charge in [-0.1, -0.05) is 13.8 Å². The lowest BCUT2D eigenvalue weighted by Gasteiger charge is -2.28. The van der Waals surface area contributed by atoms with E-state index in [9.17, 15) is 4.79 Å². The molecule has 3 heterocycles. The van der Waals surface area contributed by atoms with Crippen molar-refractivity contribution in [1.29, 1.82) is 0 Å². The zero-order chi connectivity index (χ0) is 18.8. The number of aromatic nitrogens is 3. The van der Waals surface area contributed by atoms with Crippen LogP contribution in [0, 0.1) is 19.8 Å². The molecule has 26 heavy (non-hydrogen) atoms. The van der Waals surface area contributed by atoms with Gasteiger partial charge in [-0.3, -0.25) is 14.4 Å². The first-order valence-electron chi connectivity index (χ1n) is 9.62. The van der Waals surface area contributed by atoms with Crippen LogP contribution in [0.4, 0.5) is 0 Å². The van der Waals surface area contributed by atoms with Crippen LogP contribution in [0.5, 0.6) is 0 Å². The van der Waals surface area contributed by atoms with Gasteiger partial charge in [-0.2, -0.15) is 5.10 Å². The molecule has 3 rings (SSSR count). The molecule has 1 aliphatic heterocycles. The van der Waals surface area contributed by atoms with E-state index in [4.69, 9.17) is 0 Å². The van der Waals surface area contributed by atoms with Gasteiger partial charge in [0.25, 0.3) is 5.91 Å². The van der Waals surface area contributed by atoms with E-state index in [0.717, 1.165) is 55.4 Å². The Morgan fingerprint density at radius 3 is 2.69 bits per heavy atom. The van der Waals surface area contributed by atoms with Crippen LogP contribution in [0.1, 0.15) is 53.9 Å². The Hall–Kier alpha value is -2.08. The fourth-order valence-corrected chi connectivity index (χ4v) is 3.92. The number of nitrogens with zero attached hydrogens (tertiary/aromatic N) is 4. The van der Waals surface area contributed by atoms with Crippen molar-refractivity contribution in [2.24, 2.45) is 5.92 Å². The van der Waals surface area contributed by atoms with Crippen molar-refractivity contribution in [2.75, 3.05) is 13.1 Å². The maximum atomic E-state index is 12.6. The van der Waals surface area contributed by atoms with E-state index in [1.165, 1.54) is 5.69 Å². The number of amides is 1. The predicted molar refractivity (Wildman–Crippen MR) is 103 cm³/mol. The molecule has 1 aliphatic rings. The standard InChI is InChI=1S/C20H31N5O/c1-6-24-15(4)9-19(16(24)5)20(26)21-11-17-10-18-13-23(12-14(2)3)7-8-25(18)22-17/h9-10,14H,6-8,11-13H2,1-5H3,(H,21,26). The van der Waals surface area contributed by atoms with E-state index in [0.29, 0.717) is 12.5 Å². The number of aryl methyl sites for hydroxylation is 1. The van der Waals surface area contributed by atoms with Gasteiger partial charge in [-0.15, -0.1) is 0 Å². The summed E-state index contributed by atoms with van der Waals surface area (Å²) in [5.74, 6) is 0.649. The third kappa shape index (κ3) is 3.85. The fraction of sp³-hybridized carbons (Fsp3) is 0.600. The second-order valence-corrected chi connectivity index (χ2v) is 7.69. The monoisotopic (exact) mass is 357 g/mol. The van der Waals surface area contributed by atoms with Crippen LogP contribution < -0.4 is 5.32 Å². The van der Waals surface area contributed by atoms with Crippen LogP contribution in [0.25, 0.3) is 0 Å². The van der Waals surface area contributed by atoms with E-state index in [1.54, 1.807) is 0 Å². The smallest absolute Gasteiger partial charge is 0.253 e. The van der Waals surface area contributed by atoms with Crippen molar-refractivity contribution in [1.82, 2.24) is 24.6 Å². The molecule has 1 amide bonds. The van der Waals surface area contributed by atoms with Crippen molar-refractivity contribution < 1.29 is 4.79 Å². The number of hydrogen-bond donors (Lipinski definition) is 1. The average molecular weight is 358 g/mol. The molecular weight excluding hydrogens is 326 g/mol. The Balaban J connectivity index is 1.63. The average Bonchev–Trinajstić information content (AvgIpc) is 3.11. The van der Waals surface area contributed by atoms with E-state index in [2.05, 4.69) is 51.4 Å². The van der Waals surface area contributed by atoms with E-state index < -0.39 is 0 Å². The van der Waals surface area contributed by atoms with Gasteiger partial charge in [-0.25, -0.2) is 0 Å². The van der Waals surface area contributed by atoms with Crippen LogP contribution in [0.2, 0.25) is 0 Å². The van der Waals surface area contributed by atoms with Crippen molar-refractivity contribution in [3.8, 4) is 0 Å². The van der Waals surface area contributed by atoms with Crippen molar-refractivity contribution in [2.45, 2.75) is 60.8 Å². The largest absolute Gasteiger partial charge is 0.349 e. The van der Waals surface area contributed by atoms with Gasteiger partial charge in [0.15, 0.2) is 0 Å². The minimum absolute atomic E-state index is 0.0230. The maximum Gasteiger partial charge on any atom is 0.253 e. The first kappa shape index (κ1) is 18.7. The molecule has 0 bridgehead atoms. The summed E-state index contributed by atoms with van der Waals surface area (Å²) in [6.45, 7) is 16.0. The molecule has 0 saturated heterocycles. The van der Waals surface area contributed by atoms with Crippen LogP contribution >= 0.6 is 0 Å². The van der Waals surface area contributed by atoms with Crippen LogP contribution in [0.3, 0.4) is 0 Å². The summed E-state index contributed by atoms with van der Waals surface area (Å²) in [5, 5.41) is 7.69. The first-order valence-corrected chi connectivity index (χ1v) is 9.62. The van der Waals surface area contributed by atoms with Crippen LogP contribution in [0.15, 0.2) is 12.1 Å². The second kappa shape index (κ2) is 7.66. The molecule has 0 saturated carbocycles. The van der Waals surface area contributed by atoms with Crippen LogP contribution in [-0.4, -0.2) is 38.2 Å². The normalized spacial score (nSPS) is 14.7. The van der Waals surface area contributed by atoms with Crippen LogP contribution in [-0.2, 0) is 26.2 Å². The van der Waals surface area contributed by atoms with Gasteiger partial charge >= 0.3 is 0 Å². The molecule has 142 valence electrons. The zero-order valence-electron chi connectivity index (χ0n) is 16.7. The van der Waals surface area contributed by atoms with Crippen molar-refractivity contribution >= 4 is 5.91 Å². The number of rotatable bonds is 6. The molecule has 6 heteroatoms. The third-order valence-electron chi connectivity index (χ3n) is 5.12. The van der Waals surface area contributed by atoms with Crippen molar-refractivity contribution in [3.05, 3.63) is 40.5 Å². The molecule has 0 fully saturated rings. The quantitative estimate of drug-likeness (QED) is 0.865. The summed E-state index contributed by atoms with van der Waals surface area (Å²) in [7, 11) is 0. The molecule has 2 aromatic rings. The summed E-state index contributed by atoms with van der Waals surface area (Å²) >= 11 is 0. The predicted octanol–water partition coefficient (Wildman–Crippen LogP) is 2.72. The Morgan fingerprint density at radius 1 is 1.27 bits per heavy atom. The molecule has 0 aliphatic carbocycles. The van der Waals surface area contributed by atoms with Gasteiger partial charge in [0, 0.05) is 37.6 Å². The van der Waals surface area contributed by atoms with Crippen molar-refractivity contribution in [3.63, 3.8) is 0 Å².